The molecule has 0 unspecified atom stereocenters. The number of rotatable bonds is 7. The summed E-state index contributed by atoms with van der Waals surface area (Å²) in [6.45, 7) is 0. The topological polar surface area (TPSA) is 93.1 Å². The second kappa shape index (κ2) is 10.5. The van der Waals surface area contributed by atoms with Crippen molar-refractivity contribution in [2.45, 2.75) is 10.6 Å². The van der Waals surface area contributed by atoms with Gasteiger partial charge in [-0.25, -0.2) is 14.4 Å². The fraction of sp³-hybridized carbons (Fsp3) is 0.125. The van der Waals surface area contributed by atoms with E-state index in [-0.39, 0.29) is 16.8 Å². The van der Waals surface area contributed by atoms with Crippen LogP contribution in [0.1, 0.15) is 15.9 Å². The van der Waals surface area contributed by atoms with Crippen molar-refractivity contribution in [1.29, 1.82) is 0 Å². The maximum absolute atomic E-state index is 12.5. The second-order valence-electron chi connectivity index (χ2n) is 6.57. The molecule has 32 heavy (non-hydrogen) atoms. The minimum atomic E-state index is -0.964. The largest absolute Gasteiger partial charge is 0.478 e. The van der Waals surface area contributed by atoms with Crippen LogP contribution in [0.15, 0.2) is 89.1 Å². The van der Waals surface area contributed by atoms with Crippen LogP contribution in [0.4, 0.5) is 5.69 Å². The van der Waals surface area contributed by atoms with Crippen LogP contribution in [0, 0.1) is 0 Å². The number of esters is 2. The van der Waals surface area contributed by atoms with Crippen LogP contribution in [-0.4, -0.2) is 37.2 Å². The number of methoxy groups -OCH3 is 2. The van der Waals surface area contributed by atoms with E-state index in [4.69, 9.17) is 9.47 Å². The first-order valence-electron chi connectivity index (χ1n) is 9.55. The maximum atomic E-state index is 12.5. The molecule has 0 radical (unpaired) electrons. The summed E-state index contributed by atoms with van der Waals surface area (Å²) in [5.74, 6) is -1.73. The third-order valence-electron chi connectivity index (χ3n) is 4.62. The van der Waals surface area contributed by atoms with Crippen molar-refractivity contribution in [3.63, 3.8) is 0 Å². The number of allylic oxidation sites excluding steroid dienone is 2. The fourth-order valence-electron chi connectivity index (χ4n) is 3.05. The molecule has 7 nitrogen and oxygen atoms in total. The lowest BCUT2D eigenvalue weighted by Crippen LogP contribution is -2.26. The molecule has 164 valence electrons. The Morgan fingerprint density at radius 1 is 0.938 bits per heavy atom. The molecule has 8 heteroatoms. The molecule has 1 heterocycles. The summed E-state index contributed by atoms with van der Waals surface area (Å²) in [5, 5.41) is 9.33. The quantitative estimate of drug-likeness (QED) is 0.495. The van der Waals surface area contributed by atoms with Gasteiger partial charge in [-0.3, -0.25) is 0 Å². The van der Waals surface area contributed by atoms with Crippen LogP contribution in [0.2, 0.25) is 0 Å². The summed E-state index contributed by atoms with van der Waals surface area (Å²) in [5.41, 5.74) is 2.00. The number of hydrogen-bond acceptors (Lipinski definition) is 7. The zero-order valence-electron chi connectivity index (χ0n) is 17.5. The van der Waals surface area contributed by atoms with Crippen molar-refractivity contribution in [2.24, 2.45) is 0 Å². The minimum absolute atomic E-state index is 0.0434. The molecule has 0 aliphatic carbocycles. The number of nitrogens with zero attached hydrogens (tertiary/aromatic N) is 1. The first kappa shape index (κ1) is 22.9. The summed E-state index contributed by atoms with van der Waals surface area (Å²) >= 11 is 1.43. The molecule has 1 aliphatic heterocycles. The van der Waals surface area contributed by atoms with Crippen molar-refractivity contribution in [1.82, 2.24) is 0 Å². The number of ether oxygens (including phenoxy) is 2. The maximum Gasteiger partial charge on any atom is 0.355 e. The predicted octanol–water partition coefficient (Wildman–Crippen LogP) is 4.17. The van der Waals surface area contributed by atoms with Gasteiger partial charge in [0.15, 0.2) is 0 Å². The van der Waals surface area contributed by atoms with Crippen molar-refractivity contribution in [2.75, 3.05) is 19.1 Å². The molecule has 0 atom stereocenters. The minimum Gasteiger partial charge on any atom is -0.478 e. The van der Waals surface area contributed by atoms with Gasteiger partial charge in [-0.15, -0.1) is 11.8 Å². The van der Waals surface area contributed by atoms with Crippen LogP contribution in [-0.2, 0) is 24.8 Å². The van der Waals surface area contributed by atoms with Gasteiger partial charge in [0.2, 0.25) is 0 Å². The van der Waals surface area contributed by atoms with E-state index in [1.807, 2.05) is 24.3 Å². The molecule has 0 aromatic heterocycles. The molecular formula is C24H21NO6S. The van der Waals surface area contributed by atoms with Crippen molar-refractivity contribution >= 4 is 35.4 Å². The van der Waals surface area contributed by atoms with Gasteiger partial charge in [0.25, 0.3) is 0 Å². The number of benzene rings is 2. The molecule has 2 aromatic carbocycles. The number of aromatic carboxylic acids is 1. The molecule has 0 saturated heterocycles. The number of carboxylic acid groups (broad SMARTS) is 1. The molecule has 1 aliphatic rings. The summed E-state index contributed by atoms with van der Waals surface area (Å²) in [7, 11) is 2.49. The van der Waals surface area contributed by atoms with Crippen LogP contribution in [0.5, 0.6) is 0 Å². The van der Waals surface area contributed by atoms with Crippen LogP contribution in [0.3, 0.4) is 0 Å². The number of carboxylic acids is 1. The van der Waals surface area contributed by atoms with Gasteiger partial charge >= 0.3 is 17.9 Å². The molecule has 0 spiro atoms. The van der Waals surface area contributed by atoms with Crippen molar-refractivity contribution in [3.05, 3.63) is 95.4 Å². The average molecular weight is 452 g/mol. The fourth-order valence-corrected chi connectivity index (χ4v) is 4.05. The highest BCUT2D eigenvalue weighted by molar-refractivity contribution is 7.98. The Labute approximate surface area is 189 Å². The lowest BCUT2D eigenvalue weighted by Gasteiger charge is -2.23. The highest BCUT2D eigenvalue weighted by Crippen LogP contribution is 2.29. The average Bonchev–Trinajstić information content (AvgIpc) is 3.05. The monoisotopic (exact) mass is 451 g/mol. The molecule has 1 N–H and O–H groups in total. The third kappa shape index (κ3) is 5.09. The summed E-state index contributed by atoms with van der Waals surface area (Å²) in [6, 6.07) is 14.2. The van der Waals surface area contributed by atoms with Gasteiger partial charge in [-0.05, 0) is 42.0 Å². The summed E-state index contributed by atoms with van der Waals surface area (Å²) in [4.78, 5) is 38.4. The number of thioether (sulfide) groups is 1. The van der Waals surface area contributed by atoms with E-state index in [9.17, 15) is 19.5 Å². The third-order valence-corrected chi connectivity index (χ3v) is 5.76. The molecular weight excluding hydrogens is 430 g/mol. The molecule has 0 saturated carbocycles. The highest BCUT2D eigenvalue weighted by Gasteiger charge is 2.27. The highest BCUT2D eigenvalue weighted by atomic mass is 32.2. The summed E-state index contributed by atoms with van der Waals surface area (Å²) < 4.78 is 9.72. The van der Waals surface area contributed by atoms with E-state index in [0.29, 0.717) is 16.3 Å². The smallest absolute Gasteiger partial charge is 0.355 e. The first-order valence-corrected chi connectivity index (χ1v) is 10.5. The SMILES string of the molecule is COC(=O)C1=C(C(=O)OC)N(c2ccc(CSc3ccccc3C(=O)O)cc2)C=CC=C1. The summed E-state index contributed by atoms with van der Waals surface area (Å²) in [6.07, 6.45) is 6.50. The van der Waals surface area contributed by atoms with Gasteiger partial charge in [0, 0.05) is 22.5 Å². The Bertz CT molecular complexity index is 1120. The van der Waals surface area contributed by atoms with Gasteiger partial charge < -0.3 is 19.5 Å². The van der Waals surface area contributed by atoms with Crippen molar-refractivity contribution in [3.8, 4) is 0 Å². The number of carbonyl (C=O) groups excluding carboxylic acids is 2. The number of carbonyl (C=O) groups is 3. The van der Waals surface area contributed by atoms with Gasteiger partial charge in [0.05, 0.1) is 25.4 Å². The van der Waals surface area contributed by atoms with Crippen LogP contribution >= 0.6 is 11.8 Å². The first-order chi connectivity index (χ1) is 15.5. The Morgan fingerprint density at radius 2 is 1.62 bits per heavy atom. The zero-order chi connectivity index (χ0) is 23.1. The van der Waals surface area contributed by atoms with Gasteiger partial charge in [0.1, 0.15) is 5.70 Å². The Morgan fingerprint density at radius 3 is 2.28 bits per heavy atom. The van der Waals surface area contributed by atoms with E-state index in [2.05, 4.69) is 0 Å². The molecule has 0 bridgehead atoms. The number of anilines is 1. The lowest BCUT2D eigenvalue weighted by atomic mass is 10.1. The Balaban J connectivity index is 1.86. The van der Waals surface area contributed by atoms with Crippen LogP contribution < -0.4 is 4.90 Å². The molecule has 0 amide bonds. The Kier molecular flexibility index (Phi) is 7.51. The van der Waals surface area contributed by atoms with E-state index in [1.54, 1.807) is 47.5 Å². The zero-order valence-corrected chi connectivity index (χ0v) is 18.3. The molecule has 0 fully saturated rings. The van der Waals surface area contributed by atoms with Gasteiger partial charge in [-0.2, -0.15) is 0 Å². The van der Waals surface area contributed by atoms with E-state index in [1.165, 1.54) is 32.1 Å². The van der Waals surface area contributed by atoms with Crippen molar-refractivity contribution < 1.29 is 29.0 Å². The number of hydrogen-bond donors (Lipinski definition) is 1. The van der Waals surface area contributed by atoms with E-state index >= 15 is 0 Å². The van der Waals surface area contributed by atoms with Gasteiger partial charge in [-0.1, -0.05) is 30.3 Å². The standard InChI is InChI=1S/C24H21NO6S/c1-30-23(28)19-8-5-6-14-25(21(19)24(29)31-2)17-12-10-16(11-13-17)15-32-20-9-4-3-7-18(20)22(26)27/h3-14H,15H2,1-2H3,(H,26,27). The lowest BCUT2D eigenvalue weighted by molar-refractivity contribution is -0.139. The van der Waals surface area contributed by atoms with E-state index < -0.39 is 17.9 Å². The molecule has 3 rings (SSSR count). The molecule has 2 aromatic rings. The normalized spacial score (nSPS) is 13.0. The predicted molar refractivity (Wildman–Crippen MR) is 121 cm³/mol. The van der Waals surface area contributed by atoms with E-state index in [0.717, 1.165) is 5.56 Å². The Hall–Kier alpha value is -3.78. The van der Waals surface area contributed by atoms with Crippen LogP contribution in [0.25, 0.3) is 0 Å². The second-order valence-corrected chi connectivity index (χ2v) is 7.59.